The fraction of sp³-hybridized carbons (Fsp3) is 0.150. The van der Waals surface area contributed by atoms with Crippen LogP contribution in [0.1, 0.15) is 0 Å². The summed E-state index contributed by atoms with van der Waals surface area (Å²) < 4.78 is 5.93. The van der Waals surface area contributed by atoms with Gasteiger partial charge in [0.1, 0.15) is 11.3 Å². The van der Waals surface area contributed by atoms with E-state index in [4.69, 9.17) is 14.5 Å². The summed E-state index contributed by atoms with van der Waals surface area (Å²) in [5.74, 6) is 0.692. The standard InChI is InChI=1S/C20H18N2O3/c23-12-14(24)11-21-17-10-18(22-16-7-3-2-6-15(16)17)20-9-13-5-1-4-8-19(13)25-20/h1-10,14,23-24H,11-12H2,(H,21,22)/t14-/m0/s1. The van der Waals surface area contributed by atoms with Crippen molar-refractivity contribution in [2.24, 2.45) is 0 Å². The fourth-order valence-corrected chi connectivity index (χ4v) is 2.85. The highest BCUT2D eigenvalue weighted by Gasteiger charge is 2.12. The number of pyridine rings is 1. The zero-order valence-corrected chi connectivity index (χ0v) is 13.5. The molecule has 0 aliphatic carbocycles. The molecule has 0 saturated heterocycles. The van der Waals surface area contributed by atoms with Crippen LogP contribution in [-0.4, -0.2) is 34.5 Å². The Labute approximate surface area is 144 Å². The van der Waals surface area contributed by atoms with E-state index in [9.17, 15) is 5.11 Å². The Morgan fingerprint density at radius 1 is 1.04 bits per heavy atom. The van der Waals surface area contributed by atoms with Crippen LogP contribution >= 0.6 is 0 Å². The first-order valence-electron chi connectivity index (χ1n) is 8.16. The first-order valence-corrected chi connectivity index (χ1v) is 8.16. The van der Waals surface area contributed by atoms with Gasteiger partial charge in [0, 0.05) is 23.0 Å². The number of anilines is 1. The molecule has 0 radical (unpaired) electrons. The minimum absolute atomic E-state index is 0.254. The lowest BCUT2D eigenvalue weighted by atomic mass is 10.1. The number of benzene rings is 2. The summed E-state index contributed by atoms with van der Waals surface area (Å²) in [6, 6.07) is 19.5. The molecule has 5 heteroatoms. The Hall–Kier alpha value is -2.89. The number of nitrogens with zero attached hydrogens (tertiary/aromatic N) is 1. The first kappa shape index (κ1) is 15.6. The Morgan fingerprint density at radius 3 is 2.68 bits per heavy atom. The molecule has 4 rings (SSSR count). The summed E-state index contributed by atoms with van der Waals surface area (Å²) in [5, 5.41) is 23.8. The molecule has 0 spiro atoms. The number of hydrogen-bond acceptors (Lipinski definition) is 5. The molecular formula is C20H18N2O3. The quantitative estimate of drug-likeness (QED) is 0.521. The third kappa shape index (κ3) is 3.07. The van der Waals surface area contributed by atoms with Crippen molar-refractivity contribution in [3.05, 3.63) is 60.7 Å². The van der Waals surface area contributed by atoms with Gasteiger partial charge in [0.25, 0.3) is 0 Å². The minimum Gasteiger partial charge on any atom is -0.454 e. The van der Waals surface area contributed by atoms with Gasteiger partial charge in [-0.05, 0) is 24.3 Å². The maximum Gasteiger partial charge on any atom is 0.153 e. The molecular weight excluding hydrogens is 316 g/mol. The van der Waals surface area contributed by atoms with Crippen LogP contribution in [0, 0.1) is 0 Å². The summed E-state index contributed by atoms with van der Waals surface area (Å²) in [5.41, 5.74) is 3.21. The predicted octanol–water partition coefficient (Wildman–Crippen LogP) is 3.41. The largest absolute Gasteiger partial charge is 0.454 e. The zero-order valence-electron chi connectivity index (χ0n) is 13.5. The van der Waals surface area contributed by atoms with E-state index in [-0.39, 0.29) is 13.2 Å². The molecule has 5 nitrogen and oxygen atoms in total. The number of rotatable bonds is 5. The molecule has 2 aromatic heterocycles. The van der Waals surface area contributed by atoms with Crippen molar-refractivity contribution >= 4 is 27.6 Å². The molecule has 4 aromatic rings. The van der Waals surface area contributed by atoms with E-state index in [1.807, 2.05) is 60.7 Å². The molecule has 25 heavy (non-hydrogen) atoms. The maximum atomic E-state index is 9.63. The minimum atomic E-state index is -0.818. The van der Waals surface area contributed by atoms with Crippen molar-refractivity contribution in [1.29, 1.82) is 0 Å². The number of aliphatic hydroxyl groups is 2. The summed E-state index contributed by atoms with van der Waals surface area (Å²) in [7, 11) is 0. The number of fused-ring (bicyclic) bond motifs is 2. The average Bonchev–Trinajstić information content (AvgIpc) is 3.09. The van der Waals surface area contributed by atoms with E-state index in [1.54, 1.807) is 0 Å². The fourth-order valence-electron chi connectivity index (χ4n) is 2.85. The smallest absolute Gasteiger partial charge is 0.153 e. The Kier molecular flexibility index (Phi) is 4.09. The van der Waals surface area contributed by atoms with Gasteiger partial charge in [0.05, 0.1) is 18.2 Å². The van der Waals surface area contributed by atoms with Crippen LogP contribution in [0.2, 0.25) is 0 Å². The van der Waals surface area contributed by atoms with Crippen LogP contribution in [0.4, 0.5) is 5.69 Å². The molecule has 0 saturated carbocycles. The molecule has 1 atom stereocenters. The molecule has 0 unspecified atom stereocenters. The molecule has 0 fully saturated rings. The third-order valence-corrected chi connectivity index (χ3v) is 4.13. The van der Waals surface area contributed by atoms with Crippen molar-refractivity contribution in [3.8, 4) is 11.5 Å². The van der Waals surface area contributed by atoms with Crippen molar-refractivity contribution in [2.45, 2.75) is 6.10 Å². The van der Waals surface area contributed by atoms with Gasteiger partial charge in [-0.15, -0.1) is 0 Å². The Morgan fingerprint density at radius 2 is 1.84 bits per heavy atom. The number of aromatic nitrogens is 1. The highest BCUT2D eigenvalue weighted by molar-refractivity contribution is 5.94. The number of furan rings is 1. The third-order valence-electron chi connectivity index (χ3n) is 4.13. The van der Waals surface area contributed by atoms with Crippen LogP contribution in [0.5, 0.6) is 0 Å². The number of hydrogen-bond donors (Lipinski definition) is 3. The second-order valence-corrected chi connectivity index (χ2v) is 5.94. The molecule has 2 aromatic carbocycles. The maximum absolute atomic E-state index is 9.63. The van der Waals surface area contributed by atoms with Gasteiger partial charge in [-0.1, -0.05) is 36.4 Å². The van der Waals surface area contributed by atoms with E-state index >= 15 is 0 Å². The van der Waals surface area contributed by atoms with Gasteiger partial charge < -0.3 is 19.9 Å². The molecule has 0 aliphatic rings. The topological polar surface area (TPSA) is 78.5 Å². The van der Waals surface area contributed by atoms with Crippen molar-refractivity contribution in [1.82, 2.24) is 4.98 Å². The molecule has 126 valence electrons. The summed E-state index contributed by atoms with van der Waals surface area (Å²) in [6.45, 7) is -0.0312. The van der Waals surface area contributed by atoms with Crippen LogP contribution in [0.25, 0.3) is 33.3 Å². The number of aliphatic hydroxyl groups excluding tert-OH is 2. The number of nitrogens with one attached hydrogen (secondary N) is 1. The highest BCUT2D eigenvalue weighted by atomic mass is 16.3. The van der Waals surface area contributed by atoms with E-state index < -0.39 is 6.10 Å². The average molecular weight is 334 g/mol. The van der Waals surface area contributed by atoms with Crippen LogP contribution in [-0.2, 0) is 0 Å². The van der Waals surface area contributed by atoms with E-state index in [0.717, 1.165) is 33.3 Å². The van der Waals surface area contributed by atoms with Crippen molar-refractivity contribution < 1.29 is 14.6 Å². The number of para-hydroxylation sites is 2. The Bertz CT molecular complexity index is 993. The predicted molar refractivity (Wildman–Crippen MR) is 98.5 cm³/mol. The van der Waals surface area contributed by atoms with E-state index in [2.05, 4.69) is 5.32 Å². The molecule has 0 amide bonds. The molecule has 2 heterocycles. The van der Waals surface area contributed by atoms with Crippen molar-refractivity contribution in [2.75, 3.05) is 18.5 Å². The lowest BCUT2D eigenvalue weighted by Crippen LogP contribution is -2.23. The second kappa shape index (κ2) is 6.55. The summed E-state index contributed by atoms with van der Waals surface area (Å²) in [6.07, 6.45) is -0.818. The monoisotopic (exact) mass is 334 g/mol. The van der Waals surface area contributed by atoms with Gasteiger partial charge >= 0.3 is 0 Å². The second-order valence-electron chi connectivity index (χ2n) is 5.94. The van der Waals surface area contributed by atoms with Gasteiger partial charge in [-0.2, -0.15) is 0 Å². The molecule has 0 bridgehead atoms. The van der Waals surface area contributed by atoms with Gasteiger partial charge in [0.15, 0.2) is 5.76 Å². The Balaban J connectivity index is 1.81. The lowest BCUT2D eigenvalue weighted by molar-refractivity contribution is 0.105. The van der Waals surface area contributed by atoms with Crippen LogP contribution < -0.4 is 5.32 Å². The lowest BCUT2D eigenvalue weighted by Gasteiger charge is -2.13. The van der Waals surface area contributed by atoms with Gasteiger partial charge in [-0.25, -0.2) is 4.98 Å². The zero-order chi connectivity index (χ0) is 17.2. The van der Waals surface area contributed by atoms with Crippen LogP contribution in [0.3, 0.4) is 0 Å². The van der Waals surface area contributed by atoms with Gasteiger partial charge in [0.2, 0.25) is 0 Å². The molecule has 3 N–H and O–H groups in total. The van der Waals surface area contributed by atoms with Crippen LogP contribution in [0.15, 0.2) is 65.1 Å². The normalized spacial score (nSPS) is 12.6. The summed E-state index contributed by atoms with van der Waals surface area (Å²) >= 11 is 0. The van der Waals surface area contributed by atoms with Gasteiger partial charge in [-0.3, -0.25) is 0 Å². The van der Waals surface area contributed by atoms with Crippen molar-refractivity contribution in [3.63, 3.8) is 0 Å². The summed E-state index contributed by atoms with van der Waals surface area (Å²) in [4.78, 5) is 4.70. The molecule has 0 aliphatic heterocycles. The van der Waals surface area contributed by atoms with E-state index in [0.29, 0.717) is 5.76 Å². The SMILES string of the molecule is OC[C@@H](O)CNc1cc(-c2cc3ccccc3o2)nc2ccccc12. The highest BCUT2D eigenvalue weighted by Crippen LogP contribution is 2.31. The van der Waals surface area contributed by atoms with E-state index in [1.165, 1.54) is 0 Å². The first-order chi connectivity index (χ1) is 12.2.